The van der Waals surface area contributed by atoms with Gasteiger partial charge in [-0.3, -0.25) is 4.79 Å². The summed E-state index contributed by atoms with van der Waals surface area (Å²) in [6.45, 7) is 1.18. The summed E-state index contributed by atoms with van der Waals surface area (Å²) in [6, 6.07) is 14.9. The van der Waals surface area contributed by atoms with Gasteiger partial charge < -0.3 is 9.64 Å². The highest BCUT2D eigenvalue weighted by Crippen LogP contribution is 2.61. The van der Waals surface area contributed by atoms with E-state index in [-0.39, 0.29) is 23.3 Å². The fourth-order valence-corrected chi connectivity index (χ4v) is 7.01. The highest BCUT2D eigenvalue weighted by atomic mass is 79.9. The van der Waals surface area contributed by atoms with Crippen molar-refractivity contribution in [1.82, 2.24) is 4.90 Å². The van der Waals surface area contributed by atoms with E-state index < -0.39 is 0 Å². The molecule has 1 amide bonds. The van der Waals surface area contributed by atoms with Gasteiger partial charge in [0.1, 0.15) is 0 Å². The van der Waals surface area contributed by atoms with Crippen molar-refractivity contribution in [3.05, 3.63) is 68.6 Å². The average Bonchev–Trinajstić information content (AvgIpc) is 3.42. The lowest BCUT2D eigenvalue weighted by Gasteiger charge is -2.44. The molecule has 3 aliphatic rings. The monoisotopic (exact) mass is 545 g/mol. The Labute approximate surface area is 199 Å². The van der Waals surface area contributed by atoms with Crippen molar-refractivity contribution in [2.45, 2.75) is 37.6 Å². The minimum Gasteiger partial charge on any atom is -0.462 e. The van der Waals surface area contributed by atoms with Crippen molar-refractivity contribution < 1.29 is 14.3 Å². The summed E-state index contributed by atoms with van der Waals surface area (Å²) >= 11 is 6.86. The van der Waals surface area contributed by atoms with E-state index in [4.69, 9.17) is 4.74 Å². The van der Waals surface area contributed by atoms with E-state index in [9.17, 15) is 9.59 Å². The molecule has 3 fully saturated rings. The molecule has 6 heteroatoms. The highest BCUT2D eigenvalue weighted by Gasteiger charge is 2.65. The van der Waals surface area contributed by atoms with E-state index in [1.54, 1.807) is 12.1 Å². The van der Waals surface area contributed by atoms with Crippen molar-refractivity contribution in [1.29, 1.82) is 0 Å². The second-order valence-corrected chi connectivity index (χ2v) is 10.8. The van der Waals surface area contributed by atoms with Crippen LogP contribution in [0, 0.1) is 17.8 Å². The molecule has 162 valence electrons. The highest BCUT2D eigenvalue weighted by molar-refractivity contribution is 9.10. The SMILES string of the molecule is O=C(OC[C@@H]1CC[C@H]2CC[C@@H]3CCN(C(=O)c4ccc(Br)cc4)[C@]231)c1ccc(Br)cc1. The Balaban J connectivity index is 1.38. The number of esters is 1. The van der Waals surface area contributed by atoms with Gasteiger partial charge in [0, 0.05) is 27.0 Å². The van der Waals surface area contributed by atoms with Gasteiger partial charge in [-0.15, -0.1) is 0 Å². The van der Waals surface area contributed by atoms with Gasteiger partial charge in [-0.1, -0.05) is 31.9 Å². The lowest BCUT2D eigenvalue weighted by molar-refractivity contribution is 0.00560. The summed E-state index contributed by atoms with van der Waals surface area (Å²) in [5.41, 5.74) is 1.14. The fraction of sp³-hybridized carbons (Fsp3) is 0.440. The van der Waals surface area contributed by atoms with Crippen LogP contribution >= 0.6 is 31.9 Å². The minimum atomic E-state index is -0.286. The minimum absolute atomic E-state index is 0.119. The number of rotatable bonds is 4. The number of nitrogens with zero attached hydrogens (tertiary/aromatic N) is 1. The van der Waals surface area contributed by atoms with Crippen molar-refractivity contribution in [2.24, 2.45) is 17.8 Å². The Morgan fingerprint density at radius 1 is 0.839 bits per heavy atom. The van der Waals surface area contributed by atoms with Crippen LogP contribution in [0.25, 0.3) is 0 Å². The summed E-state index contributed by atoms with van der Waals surface area (Å²) in [5.74, 6) is 1.05. The summed E-state index contributed by atoms with van der Waals surface area (Å²) in [5, 5.41) is 0. The predicted molar refractivity (Wildman–Crippen MR) is 126 cm³/mol. The number of hydrogen-bond acceptors (Lipinski definition) is 3. The van der Waals surface area contributed by atoms with Crippen molar-refractivity contribution in [2.75, 3.05) is 13.2 Å². The number of amides is 1. The molecular weight excluding hydrogens is 522 g/mol. The van der Waals surface area contributed by atoms with E-state index in [1.165, 1.54) is 12.8 Å². The van der Waals surface area contributed by atoms with Crippen LogP contribution in [0.4, 0.5) is 0 Å². The molecule has 4 atom stereocenters. The molecular formula is C25H25Br2NO3. The third-order valence-electron chi connectivity index (χ3n) is 7.69. The van der Waals surface area contributed by atoms with Crippen LogP contribution in [0.5, 0.6) is 0 Å². The first kappa shape index (κ1) is 21.2. The average molecular weight is 547 g/mol. The Hall–Kier alpha value is -1.66. The van der Waals surface area contributed by atoms with Gasteiger partial charge in [-0.2, -0.15) is 0 Å². The molecule has 31 heavy (non-hydrogen) atoms. The molecule has 1 saturated heterocycles. The number of hydrogen-bond donors (Lipinski definition) is 0. The van der Waals surface area contributed by atoms with Crippen molar-refractivity contribution in [3.8, 4) is 0 Å². The van der Waals surface area contributed by atoms with Crippen LogP contribution in [0.15, 0.2) is 57.5 Å². The quantitative estimate of drug-likeness (QED) is 0.436. The molecule has 0 N–H and O–H groups in total. The van der Waals surface area contributed by atoms with Crippen LogP contribution in [-0.2, 0) is 4.74 Å². The van der Waals surface area contributed by atoms with E-state index in [0.29, 0.717) is 24.0 Å². The standard InChI is InChI=1S/C25H25Br2NO3/c26-21-9-1-16(2-10-21)23(29)28-14-13-19-6-5-18-7-8-20(25(18,19)28)15-31-24(30)17-3-11-22(27)12-4-17/h1-4,9-12,18-20H,5-8,13-15H2/t18-,19-,20+,25-/m1/s1. The first-order valence-corrected chi connectivity index (χ1v) is 12.6. The first-order chi connectivity index (χ1) is 15.0. The number of carbonyl (C=O) groups is 2. The second kappa shape index (κ2) is 8.36. The maximum atomic E-state index is 13.6. The second-order valence-electron chi connectivity index (χ2n) is 8.99. The number of carbonyl (C=O) groups excluding carboxylic acids is 2. The lowest BCUT2D eigenvalue weighted by Crippen LogP contribution is -2.55. The molecule has 2 aromatic carbocycles. The number of benzene rings is 2. The zero-order valence-electron chi connectivity index (χ0n) is 17.2. The smallest absolute Gasteiger partial charge is 0.338 e. The van der Waals surface area contributed by atoms with E-state index in [2.05, 4.69) is 36.8 Å². The van der Waals surface area contributed by atoms with Crippen LogP contribution in [-0.4, -0.2) is 35.5 Å². The molecule has 1 aliphatic heterocycles. The molecule has 0 bridgehead atoms. The summed E-state index contributed by atoms with van der Waals surface area (Å²) in [7, 11) is 0. The predicted octanol–water partition coefficient (Wildman–Crippen LogP) is 6.09. The molecule has 2 aromatic rings. The normalized spacial score (nSPS) is 29.0. The van der Waals surface area contributed by atoms with Gasteiger partial charge in [0.05, 0.1) is 17.7 Å². The van der Waals surface area contributed by atoms with Crippen LogP contribution in [0.3, 0.4) is 0 Å². The van der Waals surface area contributed by atoms with Crippen LogP contribution < -0.4 is 0 Å². The fourth-order valence-electron chi connectivity index (χ4n) is 6.48. The van der Waals surface area contributed by atoms with Crippen LogP contribution in [0.2, 0.25) is 0 Å². The van der Waals surface area contributed by atoms with Crippen molar-refractivity contribution in [3.63, 3.8) is 0 Å². The lowest BCUT2D eigenvalue weighted by atomic mass is 9.76. The number of ether oxygens (including phenoxy) is 1. The maximum absolute atomic E-state index is 13.6. The molecule has 2 aliphatic carbocycles. The molecule has 1 heterocycles. The number of halogens is 2. The molecule has 1 spiro atoms. The van der Waals surface area contributed by atoms with E-state index in [1.807, 2.05) is 36.4 Å². The Kier molecular flexibility index (Phi) is 5.72. The number of likely N-dealkylation sites (tertiary alicyclic amines) is 1. The molecule has 4 nitrogen and oxygen atoms in total. The molecule has 0 radical (unpaired) electrons. The van der Waals surface area contributed by atoms with Gasteiger partial charge in [0.2, 0.25) is 0 Å². The topological polar surface area (TPSA) is 46.6 Å². The third-order valence-corrected chi connectivity index (χ3v) is 8.75. The summed E-state index contributed by atoms with van der Waals surface area (Å²) < 4.78 is 7.72. The maximum Gasteiger partial charge on any atom is 0.338 e. The third kappa shape index (κ3) is 3.56. The van der Waals surface area contributed by atoms with Crippen molar-refractivity contribution >= 4 is 43.7 Å². The summed E-state index contributed by atoms with van der Waals surface area (Å²) in [4.78, 5) is 28.4. The first-order valence-electron chi connectivity index (χ1n) is 11.0. The zero-order valence-corrected chi connectivity index (χ0v) is 20.4. The Morgan fingerprint density at radius 3 is 2.03 bits per heavy atom. The molecule has 0 aromatic heterocycles. The molecule has 0 unspecified atom stereocenters. The van der Waals surface area contributed by atoms with Gasteiger partial charge >= 0.3 is 5.97 Å². The van der Waals surface area contributed by atoms with Gasteiger partial charge in [-0.25, -0.2) is 4.79 Å². The van der Waals surface area contributed by atoms with E-state index in [0.717, 1.165) is 40.3 Å². The van der Waals surface area contributed by atoms with E-state index >= 15 is 0 Å². The van der Waals surface area contributed by atoms with Crippen LogP contribution in [0.1, 0.15) is 52.8 Å². The summed E-state index contributed by atoms with van der Waals surface area (Å²) in [6.07, 6.45) is 5.52. The zero-order chi connectivity index (χ0) is 21.6. The van der Waals surface area contributed by atoms with Gasteiger partial charge in [0.15, 0.2) is 0 Å². The van der Waals surface area contributed by atoms with Gasteiger partial charge in [0.25, 0.3) is 5.91 Å². The van der Waals surface area contributed by atoms with Gasteiger partial charge in [-0.05, 0) is 92.5 Å². The largest absolute Gasteiger partial charge is 0.462 e. The Morgan fingerprint density at radius 2 is 1.39 bits per heavy atom. The molecule has 5 rings (SSSR count). The Bertz CT molecular complexity index is 983. The molecule has 2 saturated carbocycles.